The molecule has 1 amide bonds. The van der Waals surface area contributed by atoms with Crippen LogP contribution in [-0.2, 0) is 6.54 Å². The van der Waals surface area contributed by atoms with Crippen molar-refractivity contribution in [3.63, 3.8) is 0 Å². The molecule has 1 saturated heterocycles. The molecule has 0 aliphatic carbocycles. The second-order valence-electron chi connectivity index (χ2n) is 7.84. The number of nitrogens with two attached hydrogens (primary N) is 1. The molecule has 5 heteroatoms. The zero-order valence-corrected chi connectivity index (χ0v) is 15.3. The second-order valence-corrected chi connectivity index (χ2v) is 7.84. The molecule has 0 spiro atoms. The lowest BCUT2D eigenvalue weighted by Crippen LogP contribution is -2.50. The van der Waals surface area contributed by atoms with Gasteiger partial charge >= 0.3 is 0 Å². The fraction of sp³-hybridized carbons (Fsp3) is 0.632. The summed E-state index contributed by atoms with van der Waals surface area (Å²) in [5, 5.41) is 3.01. The van der Waals surface area contributed by atoms with E-state index >= 15 is 0 Å². The molecule has 0 atom stereocenters. The average Bonchev–Trinajstić information content (AvgIpc) is 2.55. The minimum Gasteiger partial charge on any atom is -0.351 e. The highest BCUT2D eigenvalue weighted by Crippen LogP contribution is 2.16. The van der Waals surface area contributed by atoms with E-state index in [1.807, 2.05) is 24.3 Å². The summed E-state index contributed by atoms with van der Waals surface area (Å²) in [5.41, 5.74) is 7.67. The summed E-state index contributed by atoms with van der Waals surface area (Å²) >= 11 is 0. The van der Waals surface area contributed by atoms with Crippen molar-refractivity contribution in [3.8, 4) is 0 Å². The smallest absolute Gasteiger partial charge is 0.251 e. The third-order valence-electron chi connectivity index (χ3n) is 4.33. The molecule has 1 aliphatic heterocycles. The zero-order chi connectivity index (χ0) is 17.6. The van der Waals surface area contributed by atoms with Gasteiger partial charge in [0.25, 0.3) is 5.91 Å². The largest absolute Gasteiger partial charge is 0.351 e. The molecule has 1 aromatic rings. The maximum absolute atomic E-state index is 12.1. The third kappa shape index (κ3) is 6.23. The van der Waals surface area contributed by atoms with Crippen LogP contribution in [0.5, 0.6) is 0 Å². The van der Waals surface area contributed by atoms with E-state index in [1.165, 1.54) is 0 Å². The quantitative estimate of drug-likeness (QED) is 0.829. The number of carbonyl (C=O) groups excluding carboxylic acids is 1. The minimum atomic E-state index is -0.00931. The van der Waals surface area contributed by atoms with Crippen molar-refractivity contribution in [1.29, 1.82) is 0 Å². The van der Waals surface area contributed by atoms with E-state index in [2.05, 4.69) is 35.9 Å². The van der Waals surface area contributed by atoms with E-state index in [0.29, 0.717) is 24.1 Å². The highest BCUT2D eigenvalue weighted by Gasteiger charge is 2.21. The molecule has 1 aliphatic rings. The predicted octanol–water partition coefficient (Wildman–Crippen LogP) is 1.54. The summed E-state index contributed by atoms with van der Waals surface area (Å²) in [6.45, 7) is 14.5. The van der Waals surface area contributed by atoms with E-state index in [9.17, 15) is 4.79 Å². The van der Waals surface area contributed by atoms with Gasteiger partial charge in [-0.3, -0.25) is 9.69 Å². The minimum absolute atomic E-state index is 0.00931. The van der Waals surface area contributed by atoms with Crippen LogP contribution in [0.2, 0.25) is 0 Å². The molecule has 3 N–H and O–H groups in total. The van der Waals surface area contributed by atoms with E-state index < -0.39 is 0 Å². The van der Waals surface area contributed by atoms with Gasteiger partial charge in [-0.1, -0.05) is 32.9 Å². The summed E-state index contributed by atoms with van der Waals surface area (Å²) in [6, 6.07) is 7.48. The van der Waals surface area contributed by atoms with Gasteiger partial charge < -0.3 is 16.0 Å². The van der Waals surface area contributed by atoms with Crippen LogP contribution in [0, 0.1) is 5.41 Å². The topological polar surface area (TPSA) is 61.6 Å². The number of amides is 1. The standard InChI is InChI=1S/C19H32N4O/c1-19(2,3)15-23-12-10-22(11-13-23)9-8-21-18(24)17-6-4-16(14-20)5-7-17/h4-7H,8-15,20H2,1-3H3,(H,21,24). The first-order valence-corrected chi connectivity index (χ1v) is 8.89. The first-order valence-electron chi connectivity index (χ1n) is 8.89. The van der Waals surface area contributed by atoms with Crippen LogP contribution < -0.4 is 11.1 Å². The Kier molecular flexibility index (Phi) is 6.78. The predicted molar refractivity (Wildman–Crippen MR) is 99.0 cm³/mol. The van der Waals surface area contributed by atoms with Gasteiger partial charge in [0.2, 0.25) is 0 Å². The van der Waals surface area contributed by atoms with Gasteiger partial charge in [-0.2, -0.15) is 0 Å². The molecule has 5 nitrogen and oxygen atoms in total. The molecule has 1 fully saturated rings. The van der Waals surface area contributed by atoms with Crippen LogP contribution in [0.3, 0.4) is 0 Å². The Labute approximate surface area is 146 Å². The molecular weight excluding hydrogens is 300 g/mol. The molecule has 1 aromatic carbocycles. The van der Waals surface area contributed by atoms with Crippen LogP contribution in [-0.4, -0.2) is 61.5 Å². The number of benzene rings is 1. The number of nitrogens with zero attached hydrogens (tertiary/aromatic N) is 2. The van der Waals surface area contributed by atoms with Gasteiger partial charge in [0.05, 0.1) is 0 Å². The van der Waals surface area contributed by atoms with E-state index in [-0.39, 0.29) is 5.91 Å². The highest BCUT2D eigenvalue weighted by molar-refractivity contribution is 5.94. The van der Waals surface area contributed by atoms with Crippen LogP contribution in [0.4, 0.5) is 0 Å². The van der Waals surface area contributed by atoms with Gasteiger partial charge in [-0.25, -0.2) is 0 Å². The van der Waals surface area contributed by atoms with Crippen LogP contribution in [0.25, 0.3) is 0 Å². The Morgan fingerprint density at radius 1 is 1.08 bits per heavy atom. The molecule has 0 unspecified atom stereocenters. The van der Waals surface area contributed by atoms with Gasteiger partial charge in [-0.15, -0.1) is 0 Å². The van der Waals surface area contributed by atoms with Gasteiger partial charge in [0.1, 0.15) is 0 Å². The number of rotatable bonds is 6. The molecule has 134 valence electrons. The number of hydrogen-bond acceptors (Lipinski definition) is 4. The second kappa shape index (κ2) is 8.60. The Morgan fingerprint density at radius 2 is 1.67 bits per heavy atom. The Balaban J connectivity index is 1.66. The summed E-state index contributed by atoms with van der Waals surface area (Å²) in [7, 11) is 0. The summed E-state index contributed by atoms with van der Waals surface area (Å²) in [6.07, 6.45) is 0. The van der Waals surface area contributed by atoms with Gasteiger partial charge in [-0.05, 0) is 23.1 Å². The van der Waals surface area contributed by atoms with Crippen molar-refractivity contribution in [3.05, 3.63) is 35.4 Å². The fourth-order valence-electron chi connectivity index (χ4n) is 3.06. The van der Waals surface area contributed by atoms with E-state index in [1.54, 1.807) is 0 Å². The monoisotopic (exact) mass is 332 g/mol. The van der Waals surface area contributed by atoms with Gasteiger partial charge in [0, 0.05) is 57.9 Å². The Hall–Kier alpha value is -1.43. The van der Waals surface area contributed by atoms with Crippen LogP contribution in [0.1, 0.15) is 36.7 Å². The van der Waals surface area contributed by atoms with Crippen molar-refractivity contribution in [2.45, 2.75) is 27.3 Å². The molecule has 0 bridgehead atoms. The number of nitrogens with one attached hydrogen (secondary N) is 1. The molecule has 0 aromatic heterocycles. The molecular formula is C19H32N4O. The highest BCUT2D eigenvalue weighted by atomic mass is 16.1. The van der Waals surface area contributed by atoms with Gasteiger partial charge in [0.15, 0.2) is 0 Å². The first-order chi connectivity index (χ1) is 11.4. The summed E-state index contributed by atoms with van der Waals surface area (Å²) in [4.78, 5) is 17.1. The first kappa shape index (κ1) is 18.9. The number of hydrogen-bond donors (Lipinski definition) is 2. The van der Waals surface area contributed by atoms with Crippen LogP contribution >= 0.6 is 0 Å². The SMILES string of the molecule is CC(C)(C)CN1CCN(CCNC(=O)c2ccc(CN)cc2)CC1. The Morgan fingerprint density at radius 3 is 2.21 bits per heavy atom. The van der Waals surface area contributed by atoms with Crippen LogP contribution in [0.15, 0.2) is 24.3 Å². The maximum atomic E-state index is 12.1. The molecule has 0 saturated carbocycles. The van der Waals surface area contributed by atoms with E-state index in [4.69, 9.17) is 5.73 Å². The molecule has 2 rings (SSSR count). The average molecular weight is 332 g/mol. The third-order valence-corrected chi connectivity index (χ3v) is 4.33. The normalized spacial score (nSPS) is 17.0. The van der Waals surface area contributed by atoms with Crippen molar-refractivity contribution >= 4 is 5.91 Å². The van der Waals surface area contributed by atoms with Crippen molar-refractivity contribution < 1.29 is 4.79 Å². The molecule has 1 heterocycles. The molecule has 0 radical (unpaired) electrons. The maximum Gasteiger partial charge on any atom is 0.251 e. The van der Waals surface area contributed by atoms with Crippen molar-refractivity contribution in [2.75, 3.05) is 45.8 Å². The Bertz CT molecular complexity index is 513. The fourth-order valence-corrected chi connectivity index (χ4v) is 3.06. The van der Waals surface area contributed by atoms with Crippen molar-refractivity contribution in [2.24, 2.45) is 11.1 Å². The lowest BCUT2D eigenvalue weighted by Gasteiger charge is -2.37. The summed E-state index contributed by atoms with van der Waals surface area (Å²) in [5.74, 6) is -0.00931. The summed E-state index contributed by atoms with van der Waals surface area (Å²) < 4.78 is 0. The number of carbonyl (C=O) groups is 1. The lowest BCUT2D eigenvalue weighted by atomic mass is 9.96. The molecule has 24 heavy (non-hydrogen) atoms. The zero-order valence-electron chi connectivity index (χ0n) is 15.3. The number of piperazine rings is 1. The lowest BCUT2D eigenvalue weighted by molar-refractivity contribution is 0.0909. The van der Waals surface area contributed by atoms with Crippen molar-refractivity contribution in [1.82, 2.24) is 15.1 Å². The van der Waals surface area contributed by atoms with E-state index in [0.717, 1.165) is 44.8 Å².